The summed E-state index contributed by atoms with van der Waals surface area (Å²) in [6.45, 7) is 1.77. The third kappa shape index (κ3) is 1.91. The third-order valence-electron chi connectivity index (χ3n) is 1.63. The van der Waals surface area contributed by atoms with Gasteiger partial charge >= 0.3 is 0 Å². The second kappa shape index (κ2) is 3.88. The normalized spacial score (nSPS) is 34.2. The molecular formula is C6H15N3O. The van der Waals surface area contributed by atoms with Gasteiger partial charge < -0.3 is 10.1 Å². The van der Waals surface area contributed by atoms with E-state index in [9.17, 15) is 0 Å². The molecule has 4 heteroatoms. The van der Waals surface area contributed by atoms with Crippen LogP contribution >= 0.6 is 0 Å². The van der Waals surface area contributed by atoms with Crippen molar-refractivity contribution in [3.05, 3.63) is 0 Å². The highest BCUT2D eigenvalue weighted by atomic mass is 16.5. The van der Waals surface area contributed by atoms with E-state index in [1.165, 1.54) is 0 Å². The van der Waals surface area contributed by atoms with E-state index >= 15 is 0 Å². The molecule has 1 rings (SSSR count). The maximum atomic E-state index is 5.50. The maximum absolute atomic E-state index is 5.50. The lowest BCUT2D eigenvalue weighted by molar-refractivity contribution is -0.0620. The standard InChI is InChI=1S/C6H15N3O/c1-7-5-3-9-4-6(8-2)10-5/h5-9H,3-4H2,1-2H3. The zero-order valence-corrected chi connectivity index (χ0v) is 6.48. The molecular weight excluding hydrogens is 130 g/mol. The van der Waals surface area contributed by atoms with Gasteiger partial charge in [-0.25, -0.2) is 0 Å². The van der Waals surface area contributed by atoms with E-state index in [2.05, 4.69) is 16.0 Å². The molecule has 3 N–H and O–H groups in total. The van der Waals surface area contributed by atoms with Crippen LogP contribution in [-0.2, 0) is 4.74 Å². The highest BCUT2D eigenvalue weighted by molar-refractivity contribution is 4.68. The lowest BCUT2D eigenvalue weighted by Gasteiger charge is -2.29. The lowest BCUT2D eigenvalue weighted by Crippen LogP contribution is -2.54. The molecule has 0 aliphatic carbocycles. The van der Waals surface area contributed by atoms with Gasteiger partial charge in [-0.2, -0.15) is 0 Å². The van der Waals surface area contributed by atoms with E-state index in [1.54, 1.807) is 0 Å². The number of hydrogen-bond donors (Lipinski definition) is 3. The van der Waals surface area contributed by atoms with Crippen LogP contribution in [0.25, 0.3) is 0 Å². The number of nitrogens with one attached hydrogen (secondary N) is 3. The number of likely N-dealkylation sites (N-methyl/N-ethyl adjacent to an activating group) is 2. The first-order valence-electron chi connectivity index (χ1n) is 3.57. The van der Waals surface area contributed by atoms with Crippen LogP contribution in [0.2, 0.25) is 0 Å². The van der Waals surface area contributed by atoms with Crippen molar-refractivity contribution < 1.29 is 4.74 Å². The van der Waals surface area contributed by atoms with Gasteiger partial charge in [0.25, 0.3) is 0 Å². The van der Waals surface area contributed by atoms with Crippen molar-refractivity contribution in [1.29, 1.82) is 0 Å². The van der Waals surface area contributed by atoms with Crippen molar-refractivity contribution in [3.8, 4) is 0 Å². The highest BCUT2D eigenvalue weighted by Crippen LogP contribution is 1.96. The minimum Gasteiger partial charge on any atom is -0.343 e. The Kier molecular flexibility index (Phi) is 3.08. The zero-order chi connectivity index (χ0) is 7.40. The molecule has 10 heavy (non-hydrogen) atoms. The van der Waals surface area contributed by atoms with Gasteiger partial charge in [-0.3, -0.25) is 10.6 Å². The molecule has 4 nitrogen and oxygen atoms in total. The lowest BCUT2D eigenvalue weighted by atomic mass is 10.4. The molecule has 0 radical (unpaired) electrons. The summed E-state index contributed by atoms with van der Waals surface area (Å²) in [5.74, 6) is 0. The van der Waals surface area contributed by atoms with E-state index < -0.39 is 0 Å². The molecule has 0 aromatic rings. The van der Waals surface area contributed by atoms with E-state index in [-0.39, 0.29) is 12.5 Å². The summed E-state index contributed by atoms with van der Waals surface area (Å²) in [5.41, 5.74) is 0. The molecule has 2 atom stereocenters. The number of rotatable bonds is 2. The van der Waals surface area contributed by atoms with Gasteiger partial charge in [0.15, 0.2) is 0 Å². The molecule has 0 aromatic heterocycles. The molecule has 0 spiro atoms. The minimum absolute atomic E-state index is 0.145. The van der Waals surface area contributed by atoms with E-state index in [4.69, 9.17) is 4.74 Å². The fourth-order valence-corrected chi connectivity index (χ4v) is 0.980. The summed E-state index contributed by atoms with van der Waals surface area (Å²) in [5, 5.41) is 9.32. The Bertz CT molecular complexity index is 89.0. The topological polar surface area (TPSA) is 45.3 Å². The molecule has 0 amide bonds. The Balaban J connectivity index is 2.25. The van der Waals surface area contributed by atoms with Crippen molar-refractivity contribution in [1.82, 2.24) is 16.0 Å². The van der Waals surface area contributed by atoms with Crippen molar-refractivity contribution in [2.75, 3.05) is 27.2 Å². The molecule has 1 fully saturated rings. The first kappa shape index (κ1) is 7.94. The summed E-state index contributed by atoms with van der Waals surface area (Å²) in [7, 11) is 3.79. The molecule has 0 saturated carbocycles. The Labute approximate surface area is 61.3 Å². The van der Waals surface area contributed by atoms with Crippen molar-refractivity contribution in [2.24, 2.45) is 0 Å². The first-order chi connectivity index (χ1) is 4.86. The summed E-state index contributed by atoms with van der Waals surface area (Å²) >= 11 is 0. The monoisotopic (exact) mass is 145 g/mol. The predicted molar refractivity (Wildman–Crippen MR) is 39.7 cm³/mol. The van der Waals surface area contributed by atoms with Gasteiger partial charge in [-0.1, -0.05) is 0 Å². The van der Waals surface area contributed by atoms with Crippen LogP contribution in [0.15, 0.2) is 0 Å². The molecule has 0 bridgehead atoms. The Morgan fingerprint density at radius 2 is 1.70 bits per heavy atom. The largest absolute Gasteiger partial charge is 0.343 e. The predicted octanol–water partition coefficient (Wildman–Crippen LogP) is -1.30. The van der Waals surface area contributed by atoms with Crippen LogP contribution in [0.3, 0.4) is 0 Å². The average molecular weight is 145 g/mol. The van der Waals surface area contributed by atoms with Gasteiger partial charge in [0.2, 0.25) is 0 Å². The van der Waals surface area contributed by atoms with Crippen molar-refractivity contribution in [3.63, 3.8) is 0 Å². The fraction of sp³-hybridized carbons (Fsp3) is 1.00. The molecule has 60 valence electrons. The van der Waals surface area contributed by atoms with Crippen LogP contribution < -0.4 is 16.0 Å². The van der Waals surface area contributed by atoms with Gasteiger partial charge in [0.05, 0.1) is 0 Å². The first-order valence-corrected chi connectivity index (χ1v) is 3.57. The molecule has 2 unspecified atom stereocenters. The second-order valence-corrected chi connectivity index (χ2v) is 2.35. The number of morpholine rings is 1. The van der Waals surface area contributed by atoms with E-state index in [1.807, 2.05) is 14.1 Å². The molecule has 1 saturated heterocycles. The minimum atomic E-state index is 0.145. The zero-order valence-electron chi connectivity index (χ0n) is 6.48. The average Bonchev–Trinajstić information content (AvgIpc) is 2.05. The van der Waals surface area contributed by atoms with Crippen LogP contribution in [0.4, 0.5) is 0 Å². The quantitative estimate of drug-likeness (QED) is 0.452. The Morgan fingerprint density at radius 3 is 2.10 bits per heavy atom. The molecule has 1 heterocycles. The smallest absolute Gasteiger partial charge is 0.122 e. The van der Waals surface area contributed by atoms with Gasteiger partial charge in [0, 0.05) is 13.1 Å². The van der Waals surface area contributed by atoms with E-state index in [0.717, 1.165) is 13.1 Å². The van der Waals surface area contributed by atoms with Crippen LogP contribution in [-0.4, -0.2) is 39.6 Å². The summed E-state index contributed by atoms with van der Waals surface area (Å²) in [6.07, 6.45) is 0.289. The van der Waals surface area contributed by atoms with Crippen LogP contribution in [0, 0.1) is 0 Å². The molecule has 1 aliphatic heterocycles. The van der Waals surface area contributed by atoms with Crippen LogP contribution in [0.1, 0.15) is 0 Å². The maximum Gasteiger partial charge on any atom is 0.122 e. The highest BCUT2D eigenvalue weighted by Gasteiger charge is 2.18. The number of ether oxygens (including phenoxy) is 1. The SMILES string of the molecule is CNC1CNCC(NC)O1. The van der Waals surface area contributed by atoms with E-state index in [0.29, 0.717) is 0 Å². The van der Waals surface area contributed by atoms with Crippen molar-refractivity contribution in [2.45, 2.75) is 12.5 Å². The third-order valence-corrected chi connectivity index (χ3v) is 1.63. The Hall–Kier alpha value is -0.160. The summed E-state index contributed by atoms with van der Waals surface area (Å²) in [6, 6.07) is 0. The summed E-state index contributed by atoms with van der Waals surface area (Å²) < 4.78 is 5.50. The van der Waals surface area contributed by atoms with Gasteiger partial charge in [-0.05, 0) is 14.1 Å². The fourth-order valence-electron chi connectivity index (χ4n) is 0.980. The summed E-state index contributed by atoms with van der Waals surface area (Å²) in [4.78, 5) is 0. The molecule has 0 aromatic carbocycles. The Morgan fingerprint density at radius 1 is 1.20 bits per heavy atom. The molecule has 1 aliphatic rings. The van der Waals surface area contributed by atoms with Gasteiger partial charge in [-0.15, -0.1) is 0 Å². The van der Waals surface area contributed by atoms with Crippen molar-refractivity contribution >= 4 is 0 Å². The van der Waals surface area contributed by atoms with Crippen LogP contribution in [0.5, 0.6) is 0 Å². The number of hydrogen-bond acceptors (Lipinski definition) is 4. The van der Waals surface area contributed by atoms with Gasteiger partial charge in [0.1, 0.15) is 12.5 Å². The second-order valence-electron chi connectivity index (χ2n) is 2.35.